The fourth-order valence-corrected chi connectivity index (χ4v) is 2.46. The van der Waals surface area contributed by atoms with Crippen molar-refractivity contribution in [2.45, 2.75) is 6.92 Å². The average molecular weight is 310 g/mol. The van der Waals surface area contributed by atoms with Crippen molar-refractivity contribution in [1.29, 1.82) is 0 Å². The molecule has 0 saturated heterocycles. The molecule has 0 bridgehead atoms. The molecular weight excluding hydrogens is 292 g/mol. The van der Waals surface area contributed by atoms with Gasteiger partial charge in [-0.2, -0.15) is 0 Å². The van der Waals surface area contributed by atoms with Crippen LogP contribution in [0.3, 0.4) is 0 Å². The zero-order valence-corrected chi connectivity index (χ0v) is 13.3. The van der Waals surface area contributed by atoms with Gasteiger partial charge in [-0.3, -0.25) is 4.79 Å². The van der Waals surface area contributed by atoms with Gasteiger partial charge >= 0.3 is 0 Å². The number of amides is 1. The number of aryl methyl sites for hydroxylation is 1. The predicted octanol–water partition coefficient (Wildman–Crippen LogP) is 3.75. The maximum Gasteiger partial charge on any atom is 0.272 e. The van der Waals surface area contributed by atoms with Gasteiger partial charge in [0, 0.05) is 17.0 Å². The largest absolute Gasteiger partial charge is 0.497 e. The molecule has 5 nitrogen and oxygen atoms in total. The molecular formula is C18H18N2O3. The molecule has 0 radical (unpaired) electrons. The third-order valence-electron chi connectivity index (χ3n) is 3.68. The summed E-state index contributed by atoms with van der Waals surface area (Å²) < 4.78 is 10.5. The molecule has 0 atom stereocenters. The molecule has 1 aromatic heterocycles. The molecule has 23 heavy (non-hydrogen) atoms. The number of methoxy groups -OCH3 is 2. The van der Waals surface area contributed by atoms with Crippen molar-refractivity contribution in [3.05, 3.63) is 53.7 Å². The quantitative estimate of drug-likeness (QED) is 0.771. The van der Waals surface area contributed by atoms with Crippen LogP contribution < -0.4 is 14.8 Å². The van der Waals surface area contributed by atoms with Crippen molar-refractivity contribution in [3.8, 4) is 11.5 Å². The fourth-order valence-electron chi connectivity index (χ4n) is 2.46. The summed E-state index contributed by atoms with van der Waals surface area (Å²) in [6.07, 6.45) is 0. The molecule has 1 heterocycles. The van der Waals surface area contributed by atoms with Crippen LogP contribution in [0.25, 0.3) is 10.9 Å². The van der Waals surface area contributed by atoms with Crippen LogP contribution in [0.1, 0.15) is 16.1 Å². The van der Waals surface area contributed by atoms with Crippen LogP contribution in [-0.4, -0.2) is 25.1 Å². The first-order valence-corrected chi connectivity index (χ1v) is 7.23. The summed E-state index contributed by atoms with van der Waals surface area (Å²) in [5, 5.41) is 3.83. The van der Waals surface area contributed by atoms with Gasteiger partial charge in [-0.05, 0) is 42.8 Å². The normalized spacial score (nSPS) is 10.6. The van der Waals surface area contributed by atoms with Gasteiger partial charge in [0.25, 0.3) is 5.91 Å². The third kappa shape index (κ3) is 2.99. The number of fused-ring (bicyclic) bond motifs is 1. The van der Waals surface area contributed by atoms with Crippen molar-refractivity contribution in [3.63, 3.8) is 0 Å². The zero-order valence-electron chi connectivity index (χ0n) is 13.3. The molecule has 0 aliphatic carbocycles. The fraction of sp³-hybridized carbons (Fsp3) is 0.167. The van der Waals surface area contributed by atoms with E-state index in [-0.39, 0.29) is 5.91 Å². The number of aromatic amines is 1. The number of hydrogen-bond acceptors (Lipinski definition) is 3. The summed E-state index contributed by atoms with van der Waals surface area (Å²) in [5.41, 5.74) is 3.03. The van der Waals surface area contributed by atoms with E-state index in [0.29, 0.717) is 17.1 Å². The molecule has 3 rings (SSSR count). The molecule has 118 valence electrons. The Hall–Kier alpha value is -2.95. The van der Waals surface area contributed by atoms with Crippen molar-refractivity contribution in [2.24, 2.45) is 0 Å². The molecule has 5 heteroatoms. The number of hydrogen-bond donors (Lipinski definition) is 2. The van der Waals surface area contributed by atoms with Crippen LogP contribution >= 0.6 is 0 Å². The molecule has 2 aromatic carbocycles. The molecule has 0 unspecified atom stereocenters. The Morgan fingerprint density at radius 2 is 1.87 bits per heavy atom. The van der Waals surface area contributed by atoms with Crippen LogP contribution in [0.15, 0.2) is 42.5 Å². The van der Waals surface area contributed by atoms with Crippen LogP contribution in [0.5, 0.6) is 11.5 Å². The van der Waals surface area contributed by atoms with E-state index >= 15 is 0 Å². The Morgan fingerprint density at radius 1 is 1.04 bits per heavy atom. The van der Waals surface area contributed by atoms with Crippen LogP contribution in [0.2, 0.25) is 0 Å². The smallest absolute Gasteiger partial charge is 0.272 e. The van der Waals surface area contributed by atoms with E-state index in [4.69, 9.17) is 9.47 Å². The number of aromatic nitrogens is 1. The zero-order chi connectivity index (χ0) is 16.4. The highest BCUT2D eigenvalue weighted by Crippen LogP contribution is 2.26. The minimum Gasteiger partial charge on any atom is -0.497 e. The molecule has 3 aromatic rings. The van der Waals surface area contributed by atoms with Gasteiger partial charge in [0.15, 0.2) is 0 Å². The van der Waals surface area contributed by atoms with E-state index in [9.17, 15) is 4.79 Å². The number of carbonyl (C=O) groups excluding carboxylic acids is 1. The van der Waals surface area contributed by atoms with E-state index in [1.54, 1.807) is 14.2 Å². The lowest BCUT2D eigenvalue weighted by Gasteiger charge is -2.10. The average Bonchev–Trinajstić information content (AvgIpc) is 2.98. The molecule has 0 fully saturated rings. The first-order chi connectivity index (χ1) is 11.1. The number of ether oxygens (including phenoxy) is 2. The standard InChI is InChI=1S/C18H18N2O3/c1-11-4-7-17(23-3)15(8-11)20-18(21)16-9-12-5-6-13(22-2)10-14(12)19-16/h4-10,19H,1-3H3,(H,20,21). The minimum absolute atomic E-state index is 0.218. The van der Waals surface area contributed by atoms with Crippen molar-refractivity contribution in [1.82, 2.24) is 4.98 Å². The van der Waals surface area contributed by atoms with Crippen molar-refractivity contribution >= 4 is 22.5 Å². The Kier molecular flexibility index (Phi) is 3.93. The molecule has 0 aliphatic rings. The number of rotatable bonds is 4. The Labute approximate surface area is 134 Å². The summed E-state index contributed by atoms with van der Waals surface area (Å²) in [5.74, 6) is 1.15. The first kappa shape index (κ1) is 15.0. The maximum atomic E-state index is 12.5. The molecule has 0 saturated carbocycles. The molecule has 0 aliphatic heterocycles. The highest BCUT2D eigenvalue weighted by atomic mass is 16.5. The molecule has 1 amide bonds. The summed E-state index contributed by atoms with van der Waals surface area (Å²) in [6.45, 7) is 1.96. The van der Waals surface area contributed by atoms with Gasteiger partial charge in [0.05, 0.1) is 19.9 Å². The summed E-state index contributed by atoms with van der Waals surface area (Å²) in [4.78, 5) is 15.6. The van der Waals surface area contributed by atoms with E-state index < -0.39 is 0 Å². The second kappa shape index (κ2) is 6.04. The first-order valence-electron chi connectivity index (χ1n) is 7.23. The lowest BCUT2D eigenvalue weighted by Crippen LogP contribution is -2.13. The van der Waals surface area contributed by atoms with E-state index in [1.807, 2.05) is 49.4 Å². The molecule has 0 spiro atoms. The topological polar surface area (TPSA) is 63.4 Å². The lowest BCUT2D eigenvalue weighted by atomic mass is 10.2. The number of H-pyrrole nitrogens is 1. The van der Waals surface area contributed by atoms with Crippen LogP contribution in [-0.2, 0) is 0 Å². The minimum atomic E-state index is -0.218. The van der Waals surface area contributed by atoms with E-state index in [0.717, 1.165) is 22.2 Å². The van der Waals surface area contributed by atoms with E-state index in [2.05, 4.69) is 10.3 Å². The van der Waals surface area contributed by atoms with E-state index in [1.165, 1.54) is 0 Å². The number of carbonyl (C=O) groups is 1. The Bertz CT molecular complexity index is 868. The number of anilines is 1. The maximum absolute atomic E-state index is 12.5. The van der Waals surface area contributed by atoms with Crippen molar-refractivity contribution < 1.29 is 14.3 Å². The highest BCUT2D eigenvalue weighted by Gasteiger charge is 2.13. The Morgan fingerprint density at radius 3 is 2.61 bits per heavy atom. The Balaban J connectivity index is 1.90. The third-order valence-corrected chi connectivity index (χ3v) is 3.68. The second-order valence-corrected chi connectivity index (χ2v) is 5.29. The lowest BCUT2D eigenvalue weighted by molar-refractivity contribution is 0.102. The van der Waals surface area contributed by atoms with Crippen LogP contribution in [0, 0.1) is 6.92 Å². The van der Waals surface area contributed by atoms with Gasteiger partial charge in [-0.15, -0.1) is 0 Å². The number of nitrogens with one attached hydrogen (secondary N) is 2. The van der Waals surface area contributed by atoms with Crippen LogP contribution in [0.4, 0.5) is 5.69 Å². The van der Waals surface area contributed by atoms with Gasteiger partial charge in [-0.1, -0.05) is 6.07 Å². The predicted molar refractivity (Wildman–Crippen MR) is 90.5 cm³/mol. The summed E-state index contributed by atoms with van der Waals surface area (Å²) >= 11 is 0. The second-order valence-electron chi connectivity index (χ2n) is 5.29. The van der Waals surface area contributed by atoms with Gasteiger partial charge in [0.1, 0.15) is 17.2 Å². The summed E-state index contributed by atoms with van der Waals surface area (Å²) in [7, 11) is 3.19. The molecule has 2 N–H and O–H groups in total. The highest BCUT2D eigenvalue weighted by molar-refractivity contribution is 6.06. The SMILES string of the molecule is COc1ccc2cc(C(=O)Nc3cc(C)ccc3OC)[nH]c2c1. The number of benzene rings is 2. The van der Waals surface area contributed by atoms with Gasteiger partial charge < -0.3 is 19.8 Å². The van der Waals surface area contributed by atoms with Gasteiger partial charge in [-0.25, -0.2) is 0 Å². The summed E-state index contributed by atoms with van der Waals surface area (Å²) in [6, 6.07) is 13.1. The van der Waals surface area contributed by atoms with Crippen molar-refractivity contribution in [2.75, 3.05) is 19.5 Å². The van der Waals surface area contributed by atoms with Gasteiger partial charge in [0.2, 0.25) is 0 Å². The monoisotopic (exact) mass is 310 g/mol.